The molecule has 0 aliphatic rings. The summed E-state index contributed by atoms with van der Waals surface area (Å²) in [5, 5.41) is 4.17. The predicted molar refractivity (Wildman–Crippen MR) is 68.9 cm³/mol. The number of hydrogen-bond acceptors (Lipinski definition) is 4. The van der Waals surface area contributed by atoms with Crippen LogP contribution in [-0.4, -0.2) is 19.7 Å². The van der Waals surface area contributed by atoms with E-state index in [0.717, 1.165) is 18.2 Å². The van der Waals surface area contributed by atoms with E-state index in [2.05, 4.69) is 15.1 Å². The van der Waals surface area contributed by atoms with Crippen LogP contribution in [0.15, 0.2) is 42.9 Å². The molecule has 0 spiro atoms. The number of nitrogens with two attached hydrogens (primary N) is 1. The standard InChI is InChI=1S/C13H9F2N5/c14-9-4-8(5-10(15)6-9)12-11(16)7-20(19-12)13-17-2-1-3-18-13/h1-7H,16H2. The van der Waals surface area contributed by atoms with E-state index in [1.807, 2.05) is 0 Å². The van der Waals surface area contributed by atoms with Crippen LogP contribution in [0, 0.1) is 11.6 Å². The smallest absolute Gasteiger partial charge is 0.250 e. The van der Waals surface area contributed by atoms with Crippen LogP contribution in [0.4, 0.5) is 14.5 Å². The third-order valence-corrected chi connectivity index (χ3v) is 2.64. The van der Waals surface area contributed by atoms with Gasteiger partial charge in [-0.25, -0.2) is 23.4 Å². The first-order chi connectivity index (χ1) is 9.63. The third kappa shape index (κ3) is 2.20. The minimum atomic E-state index is -0.690. The Morgan fingerprint density at radius 2 is 1.65 bits per heavy atom. The number of nitrogens with zero attached hydrogens (tertiary/aromatic N) is 4. The topological polar surface area (TPSA) is 69.6 Å². The molecule has 2 N–H and O–H groups in total. The second-order valence-corrected chi connectivity index (χ2v) is 4.08. The van der Waals surface area contributed by atoms with E-state index in [9.17, 15) is 8.78 Å². The Kier molecular flexibility index (Phi) is 2.86. The van der Waals surface area contributed by atoms with Crippen molar-refractivity contribution < 1.29 is 8.78 Å². The summed E-state index contributed by atoms with van der Waals surface area (Å²) in [5.41, 5.74) is 6.64. The Labute approximate surface area is 112 Å². The molecule has 0 atom stereocenters. The van der Waals surface area contributed by atoms with Gasteiger partial charge in [-0.05, 0) is 18.2 Å². The lowest BCUT2D eigenvalue weighted by Gasteiger charge is -2.00. The molecule has 2 heterocycles. The van der Waals surface area contributed by atoms with Gasteiger partial charge in [-0.15, -0.1) is 0 Å². The number of hydrogen-bond donors (Lipinski definition) is 1. The van der Waals surface area contributed by atoms with Crippen LogP contribution in [0.5, 0.6) is 0 Å². The highest BCUT2D eigenvalue weighted by molar-refractivity contribution is 5.72. The number of halogens is 2. The number of benzene rings is 1. The largest absolute Gasteiger partial charge is 0.396 e. The van der Waals surface area contributed by atoms with Crippen LogP contribution in [0.1, 0.15) is 0 Å². The number of aromatic nitrogens is 4. The zero-order chi connectivity index (χ0) is 14.1. The van der Waals surface area contributed by atoms with E-state index in [-0.39, 0.29) is 16.9 Å². The molecule has 0 fully saturated rings. The number of anilines is 1. The van der Waals surface area contributed by atoms with Crippen molar-refractivity contribution in [2.24, 2.45) is 0 Å². The maximum absolute atomic E-state index is 13.2. The van der Waals surface area contributed by atoms with Crippen LogP contribution in [0.2, 0.25) is 0 Å². The van der Waals surface area contributed by atoms with Crippen LogP contribution in [0.3, 0.4) is 0 Å². The molecule has 0 saturated carbocycles. The number of nitrogen functional groups attached to an aromatic ring is 1. The van der Waals surface area contributed by atoms with E-state index < -0.39 is 11.6 Å². The van der Waals surface area contributed by atoms with E-state index >= 15 is 0 Å². The highest BCUT2D eigenvalue weighted by Crippen LogP contribution is 2.26. The fourth-order valence-electron chi connectivity index (χ4n) is 1.81. The van der Waals surface area contributed by atoms with Gasteiger partial charge in [0, 0.05) is 24.0 Å². The van der Waals surface area contributed by atoms with Gasteiger partial charge in [0.25, 0.3) is 5.95 Å². The van der Waals surface area contributed by atoms with Gasteiger partial charge < -0.3 is 5.73 Å². The Hall–Kier alpha value is -2.83. The third-order valence-electron chi connectivity index (χ3n) is 2.64. The van der Waals surface area contributed by atoms with Gasteiger partial charge in [-0.3, -0.25) is 0 Å². The predicted octanol–water partition coefficient (Wildman–Crippen LogP) is 2.19. The summed E-state index contributed by atoms with van der Waals surface area (Å²) in [7, 11) is 0. The first-order valence-electron chi connectivity index (χ1n) is 5.72. The highest BCUT2D eigenvalue weighted by Gasteiger charge is 2.12. The zero-order valence-corrected chi connectivity index (χ0v) is 10.2. The highest BCUT2D eigenvalue weighted by atomic mass is 19.1. The first-order valence-corrected chi connectivity index (χ1v) is 5.72. The molecule has 1 aromatic carbocycles. The van der Waals surface area contributed by atoms with Crippen molar-refractivity contribution in [2.45, 2.75) is 0 Å². The molecule has 3 aromatic rings. The zero-order valence-electron chi connectivity index (χ0n) is 10.2. The van der Waals surface area contributed by atoms with Gasteiger partial charge in [-0.1, -0.05) is 0 Å². The van der Waals surface area contributed by atoms with Crippen molar-refractivity contribution in [1.29, 1.82) is 0 Å². The summed E-state index contributed by atoms with van der Waals surface area (Å²) in [4.78, 5) is 8.04. The molecule has 0 aliphatic carbocycles. The quantitative estimate of drug-likeness (QED) is 0.777. The molecule has 20 heavy (non-hydrogen) atoms. The van der Waals surface area contributed by atoms with E-state index in [1.54, 1.807) is 18.5 Å². The van der Waals surface area contributed by atoms with Crippen molar-refractivity contribution in [3.8, 4) is 17.2 Å². The van der Waals surface area contributed by atoms with E-state index in [1.165, 1.54) is 10.9 Å². The van der Waals surface area contributed by atoms with Crippen molar-refractivity contribution >= 4 is 5.69 Å². The fourth-order valence-corrected chi connectivity index (χ4v) is 1.81. The van der Waals surface area contributed by atoms with Gasteiger partial charge in [-0.2, -0.15) is 5.10 Å². The van der Waals surface area contributed by atoms with Gasteiger partial charge >= 0.3 is 0 Å². The lowest BCUT2D eigenvalue weighted by molar-refractivity contribution is 0.584. The Balaban J connectivity index is 2.09. The van der Waals surface area contributed by atoms with Gasteiger partial charge in [0.05, 0.1) is 11.9 Å². The Bertz CT molecular complexity index is 734. The van der Waals surface area contributed by atoms with Crippen LogP contribution >= 0.6 is 0 Å². The van der Waals surface area contributed by atoms with Crippen molar-refractivity contribution in [3.63, 3.8) is 0 Å². The average molecular weight is 273 g/mol. The van der Waals surface area contributed by atoms with E-state index in [0.29, 0.717) is 5.95 Å². The summed E-state index contributed by atoms with van der Waals surface area (Å²) < 4.78 is 27.8. The van der Waals surface area contributed by atoms with Gasteiger partial charge in [0.1, 0.15) is 17.3 Å². The van der Waals surface area contributed by atoms with Crippen molar-refractivity contribution in [2.75, 3.05) is 5.73 Å². The lowest BCUT2D eigenvalue weighted by Crippen LogP contribution is -2.00. The molecule has 0 unspecified atom stereocenters. The van der Waals surface area contributed by atoms with Gasteiger partial charge in [0.15, 0.2) is 0 Å². The van der Waals surface area contributed by atoms with E-state index in [4.69, 9.17) is 5.73 Å². The maximum Gasteiger partial charge on any atom is 0.250 e. The second kappa shape index (κ2) is 4.69. The molecule has 3 rings (SSSR count). The van der Waals surface area contributed by atoms with Crippen LogP contribution < -0.4 is 5.73 Å². The lowest BCUT2D eigenvalue weighted by atomic mass is 10.1. The van der Waals surface area contributed by atoms with Crippen molar-refractivity contribution in [3.05, 3.63) is 54.5 Å². The molecule has 0 radical (unpaired) electrons. The van der Waals surface area contributed by atoms with Crippen molar-refractivity contribution in [1.82, 2.24) is 19.7 Å². The summed E-state index contributed by atoms with van der Waals surface area (Å²) in [5.74, 6) is -1.06. The molecule has 0 bridgehead atoms. The number of rotatable bonds is 2. The molecule has 0 saturated heterocycles. The molecule has 0 amide bonds. The molecular weight excluding hydrogens is 264 g/mol. The molecule has 100 valence electrons. The Morgan fingerprint density at radius 3 is 2.30 bits per heavy atom. The minimum Gasteiger partial charge on any atom is -0.396 e. The van der Waals surface area contributed by atoms with Gasteiger partial charge in [0.2, 0.25) is 0 Å². The SMILES string of the molecule is Nc1cn(-c2ncccn2)nc1-c1cc(F)cc(F)c1. The van der Waals surface area contributed by atoms with Crippen LogP contribution in [0.25, 0.3) is 17.2 Å². The first kappa shape index (κ1) is 12.2. The summed E-state index contributed by atoms with van der Waals surface area (Å²) in [6.45, 7) is 0. The summed E-state index contributed by atoms with van der Waals surface area (Å²) in [6, 6.07) is 4.78. The molecular formula is C13H9F2N5. The molecule has 2 aromatic heterocycles. The molecule has 5 nitrogen and oxygen atoms in total. The average Bonchev–Trinajstić information content (AvgIpc) is 2.81. The molecule has 7 heteroatoms. The Morgan fingerprint density at radius 1 is 1.00 bits per heavy atom. The summed E-state index contributed by atoms with van der Waals surface area (Å²) >= 11 is 0. The second-order valence-electron chi connectivity index (χ2n) is 4.08. The fraction of sp³-hybridized carbons (Fsp3) is 0. The minimum absolute atomic E-state index is 0.259. The summed E-state index contributed by atoms with van der Waals surface area (Å²) in [6.07, 6.45) is 4.61. The maximum atomic E-state index is 13.2. The normalized spacial score (nSPS) is 10.7. The van der Waals surface area contributed by atoms with Crippen LogP contribution in [-0.2, 0) is 0 Å². The molecule has 0 aliphatic heterocycles. The monoisotopic (exact) mass is 273 g/mol.